The van der Waals surface area contributed by atoms with E-state index < -0.39 is 0 Å². The van der Waals surface area contributed by atoms with Crippen molar-refractivity contribution in [2.75, 3.05) is 0 Å². The molecule has 1 aromatic rings. The van der Waals surface area contributed by atoms with Crippen molar-refractivity contribution >= 4 is 51.1 Å². The van der Waals surface area contributed by atoms with Crippen molar-refractivity contribution in [3.8, 4) is 0 Å². The highest BCUT2D eigenvalue weighted by molar-refractivity contribution is 14.1. The zero-order chi connectivity index (χ0) is 7.72. The fourth-order valence-corrected chi connectivity index (χ4v) is 1.61. The van der Waals surface area contributed by atoms with Crippen LogP contribution in [0.2, 0.25) is 0 Å². The highest BCUT2D eigenvalue weighted by Crippen LogP contribution is 2.25. The largest absolute Gasteiger partial charge is 0.204 e. The van der Waals surface area contributed by atoms with E-state index in [2.05, 4.69) is 28.6 Å². The van der Waals surface area contributed by atoms with Crippen molar-refractivity contribution in [1.82, 2.24) is 0 Å². The van der Waals surface area contributed by atoms with E-state index in [0.29, 0.717) is 9.37 Å². The van der Waals surface area contributed by atoms with Gasteiger partial charge in [0.05, 0.1) is 9.37 Å². The van der Waals surface area contributed by atoms with E-state index in [1.54, 1.807) is 12.1 Å². The monoisotopic (exact) mass is 332 g/mol. The van der Waals surface area contributed by atoms with Gasteiger partial charge in [0.15, 0.2) is 5.82 Å². The normalized spacial score (nSPS) is 10.0. The SMILES string of the molecule is Fc1c(Br)ccc(I)c1S. The third-order valence-electron chi connectivity index (χ3n) is 1.02. The number of benzene rings is 1. The Morgan fingerprint density at radius 3 is 2.60 bits per heavy atom. The van der Waals surface area contributed by atoms with Crippen molar-refractivity contribution in [1.29, 1.82) is 0 Å². The fourth-order valence-electron chi connectivity index (χ4n) is 0.516. The highest BCUT2D eigenvalue weighted by atomic mass is 127. The van der Waals surface area contributed by atoms with E-state index in [1.165, 1.54) is 0 Å². The number of halogens is 3. The second-order valence-corrected chi connectivity index (χ2v) is 4.16. The Morgan fingerprint density at radius 2 is 2.10 bits per heavy atom. The quantitative estimate of drug-likeness (QED) is 0.420. The van der Waals surface area contributed by atoms with Crippen molar-refractivity contribution in [2.45, 2.75) is 4.90 Å². The molecule has 10 heavy (non-hydrogen) atoms. The maximum absolute atomic E-state index is 12.9. The van der Waals surface area contributed by atoms with Crippen LogP contribution >= 0.6 is 51.1 Å². The van der Waals surface area contributed by atoms with Crippen LogP contribution < -0.4 is 0 Å². The lowest BCUT2D eigenvalue weighted by molar-refractivity contribution is 0.593. The van der Waals surface area contributed by atoms with Gasteiger partial charge in [-0.1, -0.05) is 0 Å². The molecule has 0 unspecified atom stereocenters. The topological polar surface area (TPSA) is 0 Å². The summed E-state index contributed by atoms with van der Waals surface area (Å²) in [7, 11) is 0. The molecule has 0 saturated heterocycles. The molecule has 0 saturated carbocycles. The summed E-state index contributed by atoms with van der Waals surface area (Å²) >= 11 is 9.05. The standard InChI is InChI=1S/C6H3BrFIS/c7-3-1-2-4(9)6(10)5(3)8/h1-2,10H. The van der Waals surface area contributed by atoms with Gasteiger partial charge in [0.2, 0.25) is 0 Å². The lowest BCUT2D eigenvalue weighted by atomic mass is 10.3. The second kappa shape index (κ2) is 3.40. The summed E-state index contributed by atoms with van der Waals surface area (Å²) in [5.74, 6) is -0.296. The molecule has 0 fully saturated rings. The maximum atomic E-state index is 12.9. The first-order valence-electron chi connectivity index (χ1n) is 2.45. The minimum Gasteiger partial charge on any atom is -0.204 e. The van der Waals surface area contributed by atoms with E-state index in [1.807, 2.05) is 22.6 Å². The van der Waals surface area contributed by atoms with E-state index in [4.69, 9.17) is 0 Å². The molecule has 0 amide bonds. The summed E-state index contributed by atoms with van der Waals surface area (Å²) in [6.07, 6.45) is 0. The molecule has 1 rings (SSSR count). The lowest BCUT2D eigenvalue weighted by Gasteiger charge is -1.99. The average molecular weight is 333 g/mol. The summed E-state index contributed by atoms with van der Waals surface area (Å²) in [4.78, 5) is 0.398. The smallest absolute Gasteiger partial charge is 0.151 e. The van der Waals surface area contributed by atoms with Gasteiger partial charge in [-0.15, -0.1) is 12.6 Å². The predicted molar refractivity (Wildman–Crippen MR) is 54.1 cm³/mol. The van der Waals surface area contributed by atoms with Gasteiger partial charge in [-0.25, -0.2) is 4.39 Å². The molecular weight excluding hydrogens is 330 g/mol. The molecule has 0 radical (unpaired) electrons. The van der Waals surface area contributed by atoms with Crippen LogP contribution in [0.3, 0.4) is 0 Å². The number of thiol groups is 1. The molecule has 0 N–H and O–H groups in total. The van der Waals surface area contributed by atoms with Gasteiger partial charge < -0.3 is 0 Å². The van der Waals surface area contributed by atoms with Crippen LogP contribution in [0.5, 0.6) is 0 Å². The van der Waals surface area contributed by atoms with Gasteiger partial charge in [-0.2, -0.15) is 0 Å². The Bertz CT molecular complexity index is 237. The van der Waals surface area contributed by atoms with Crippen LogP contribution in [-0.2, 0) is 0 Å². The molecule has 0 heterocycles. The van der Waals surface area contributed by atoms with Gasteiger partial charge >= 0.3 is 0 Å². The number of hydrogen-bond acceptors (Lipinski definition) is 1. The molecule has 0 aromatic heterocycles. The van der Waals surface area contributed by atoms with Crippen molar-refractivity contribution in [3.05, 3.63) is 26.0 Å². The maximum Gasteiger partial charge on any atom is 0.151 e. The molecule has 0 bridgehead atoms. The predicted octanol–water partition coefficient (Wildman–Crippen LogP) is 3.48. The Balaban J connectivity index is 3.34. The molecule has 54 valence electrons. The fraction of sp³-hybridized carbons (Fsp3) is 0. The summed E-state index contributed by atoms with van der Waals surface area (Å²) in [6, 6.07) is 3.47. The molecule has 0 spiro atoms. The molecule has 4 heteroatoms. The summed E-state index contributed by atoms with van der Waals surface area (Å²) in [5, 5.41) is 0. The van der Waals surface area contributed by atoms with Crippen LogP contribution in [0, 0.1) is 9.39 Å². The Hall–Kier alpha value is 0.710. The summed E-state index contributed by atoms with van der Waals surface area (Å²) in [6.45, 7) is 0. The van der Waals surface area contributed by atoms with Crippen LogP contribution in [-0.4, -0.2) is 0 Å². The molecule has 0 atom stereocenters. The highest BCUT2D eigenvalue weighted by Gasteiger charge is 2.05. The molecule has 0 aliphatic rings. The first-order valence-corrected chi connectivity index (χ1v) is 4.77. The zero-order valence-electron chi connectivity index (χ0n) is 4.74. The molecular formula is C6H3BrFIS. The number of hydrogen-bond donors (Lipinski definition) is 1. The lowest BCUT2D eigenvalue weighted by Crippen LogP contribution is -1.83. The van der Waals surface area contributed by atoms with Gasteiger partial charge in [0.25, 0.3) is 0 Å². The molecule has 1 aromatic carbocycles. The Kier molecular flexibility index (Phi) is 3.00. The second-order valence-electron chi connectivity index (χ2n) is 1.69. The Labute approximate surface area is 85.9 Å². The van der Waals surface area contributed by atoms with Crippen molar-refractivity contribution in [2.24, 2.45) is 0 Å². The van der Waals surface area contributed by atoms with Crippen LogP contribution in [0.1, 0.15) is 0 Å². The number of rotatable bonds is 0. The third-order valence-corrected chi connectivity index (χ3v) is 3.40. The van der Waals surface area contributed by atoms with Crippen LogP contribution in [0.4, 0.5) is 4.39 Å². The van der Waals surface area contributed by atoms with Gasteiger partial charge in [-0.05, 0) is 50.7 Å². The van der Waals surface area contributed by atoms with E-state index in [-0.39, 0.29) is 5.82 Å². The molecule has 0 nitrogen and oxygen atoms in total. The minimum atomic E-state index is -0.296. The van der Waals surface area contributed by atoms with Crippen molar-refractivity contribution in [3.63, 3.8) is 0 Å². The van der Waals surface area contributed by atoms with Gasteiger partial charge in [0, 0.05) is 3.57 Å². The molecule has 0 aliphatic heterocycles. The Morgan fingerprint density at radius 1 is 1.50 bits per heavy atom. The average Bonchev–Trinajstić information content (AvgIpc) is 1.93. The minimum absolute atomic E-state index is 0.296. The van der Waals surface area contributed by atoms with Gasteiger partial charge in [0.1, 0.15) is 0 Å². The first-order chi connectivity index (χ1) is 4.63. The van der Waals surface area contributed by atoms with Crippen LogP contribution in [0.25, 0.3) is 0 Å². The van der Waals surface area contributed by atoms with E-state index >= 15 is 0 Å². The first kappa shape index (κ1) is 8.80. The van der Waals surface area contributed by atoms with Crippen LogP contribution in [0.15, 0.2) is 21.5 Å². The van der Waals surface area contributed by atoms with Gasteiger partial charge in [-0.3, -0.25) is 0 Å². The summed E-state index contributed by atoms with van der Waals surface area (Å²) < 4.78 is 14.1. The van der Waals surface area contributed by atoms with Crippen molar-refractivity contribution < 1.29 is 4.39 Å². The van der Waals surface area contributed by atoms with E-state index in [0.717, 1.165) is 3.57 Å². The van der Waals surface area contributed by atoms with E-state index in [9.17, 15) is 4.39 Å². The summed E-state index contributed by atoms with van der Waals surface area (Å²) in [5.41, 5.74) is 0. The third kappa shape index (κ3) is 1.65. The zero-order valence-corrected chi connectivity index (χ0v) is 9.37. The molecule has 0 aliphatic carbocycles.